The second-order valence-electron chi connectivity index (χ2n) is 13.5. The lowest BCUT2D eigenvalue weighted by molar-refractivity contribution is 0.0519. The molecule has 1 saturated heterocycles. The van der Waals surface area contributed by atoms with Crippen LogP contribution in [0.5, 0.6) is 0 Å². The van der Waals surface area contributed by atoms with Crippen LogP contribution in [-0.4, -0.2) is 52.9 Å². The number of carbonyl (C=O) groups is 1. The van der Waals surface area contributed by atoms with Crippen molar-refractivity contribution in [2.75, 3.05) is 25.5 Å². The lowest BCUT2D eigenvalue weighted by Crippen LogP contribution is -2.37. The SMILES string of the molecule is COC1CCN(C2=CC(c3ccccc3)(c3nc(-c4cccc(NC(=O)c5ccc(C(C)(C)C)cc5)c4C)cn(C)c3=O)N=C2)CC1. The monoisotopic (exact) mass is 629 g/mol. The summed E-state index contributed by atoms with van der Waals surface area (Å²) in [4.78, 5) is 39.7. The topological polar surface area (TPSA) is 88.8 Å². The van der Waals surface area contributed by atoms with Crippen LogP contribution < -0.4 is 10.9 Å². The highest BCUT2D eigenvalue weighted by Crippen LogP contribution is 2.39. The molecule has 47 heavy (non-hydrogen) atoms. The molecule has 8 heteroatoms. The number of hydrogen-bond donors (Lipinski definition) is 1. The first kappa shape index (κ1) is 32.1. The van der Waals surface area contributed by atoms with Gasteiger partial charge in [0.15, 0.2) is 5.54 Å². The summed E-state index contributed by atoms with van der Waals surface area (Å²) in [5.41, 5.74) is 5.61. The molecule has 0 saturated carbocycles. The highest BCUT2D eigenvalue weighted by atomic mass is 16.5. The number of ether oxygens (including phenoxy) is 1. The number of benzene rings is 3. The number of hydrogen-bond acceptors (Lipinski definition) is 6. The normalized spacial score (nSPS) is 18.3. The lowest BCUT2D eigenvalue weighted by atomic mass is 9.86. The Morgan fingerprint density at radius 3 is 2.34 bits per heavy atom. The molecule has 1 amide bonds. The first-order valence-electron chi connectivity index (χ1n) is 16.2. The molecule has 1 unspecified atom stereocenters. The third-order valence-electron chi connectivity index (χ3n) is 9.41. The van der Waals surface area contributed by atoms with E-state index in [0.717, 1.165) is 48.3 Å². The Hall–Kier alpha value is -4.82. The first-order valence-corrected chi connectivity index (χ1v) is 16.2. The van der Waals surface area contributed by atoms with Crippen LogP contribution in [0.1, 0.15) is 66.4 Å². The van der Waals surface area contributed by atoms with Crippen LogP contribution in [0.25, 0.3) is 11.3 Å². The second-order valence-corrected chi connectivity index (χ2v) is 13.5. The Kier molecular flexibility index (Phi) is 8.72. The number of carbonyl (C=O) groups excluding carboxylic acids is 1. The number of likely N-dealkylation sites (tertiary alicyclic amines) is 1. The van der Waals surface area contributed by atoms with Crippen molar-refractivity contribution in [1.29, 1.82) is 0 Å². The molecule has 0 radical (unpaired) electrons. The van der Waals surface area contributed by atoms with Gasteiger partial charge >= 0.3 is 0 Å². The minimum absolute atomic E-state index is 0.00306. The van der Waals surface area contributed by atoms with Gasteiger partial charge in [0.25, 0.3) is 11.5 Å². The Morgan fingerprint density at radius 2 is 1.68 bits per heavy atom. The molecule has 8 nitrogen and oxygen atoms in total. The van der Waals surface area contributed by atoms with Gasteiger partial charge in [-0.25, -0.2) is 4.98 Å². The molecule has 1 aromatic heterocycles. The molecule has 0 aliphatic carbocycles. The number of rotatable bonds is 7. The van der Waals surface area contributed by atoms with Gasteiger partial charge in [-0.05, 0) is 66.1 Å². The number of aromatic nitrogens is 2. The summed E-state index contributed by atoms with van der Waals surface area (Å²) in [5, 5.41) is 3.09. The average Bonchev–Trinajstić information content (AvgIpc) is 3.53. The maximum absolute atomic E-state index is 13.9. The van der Waals surface area contributed by atoms with E-state index in [9.17, 15) is 9.59 Å². The van der Waals surface area contributed by atoms with E-state index in [1.54, 1.807) is 24.9 Å². The first-order chi connectivity index (χ1) is 22.5. The van der Waals surface area contributed by atoms with E-state index in [2.05, 4.69) is 37.1 Å². The van der Waals surface area contributed by atoms with Gasteiger partial charge in [0, 0.05) is 56.5 Å². The van der Waals surface area contributed by atoms with Crippen LogP contribution in [0.4, 0.5) is 5.69 Å². The Bertz CT molecular complexity index is 1900. The van der Waals surface area contributed by atoms with Gasteiger partial charge in [-0.15, -0.1) is 0 Å². The molecule has 242 valence electrons. The maximum atomic E-state index is 13.9. The zero-order chi connectivity index (χ0) is 33.3. The van der Waals surface area contributed by atoms with Gasteiger partial charge in [0.1, 0.15) is 5.69 Å². The number of methoxy groups -OCH3 is 1. The van der Waals surface area contributed by atoms with E-state index in [-0.39, 0.29) is 23.0 Å². The van der Waals surface area contributed by atoms with Gasteiger partial charge < -0.3 is 19.5 Å². The summed E-state index contributed by atoms with van der Waals surface area (Å²) in [6.45, 7) is 10.1. The highest BCUT2D eigenvalue weighted by molar-refractivity contribution is 6.05. The Labute approximate surface area is 276 Å². The quantitative estimate of drug-likeness (QED) is 0.248. The van der Waals surface area contributed by atoms with Crippen molar-refractivity contribution in [2.24, 2.45) is 12.0 Å². The van der Waals surface area contributed by atoms with Crippen LogP contribution in [-0.2, 0) is 22.7 Å². The van der Waals surface area contributed by atoms with E-state index in [4.69, 9.17) is 14.7 Å². The van der Waals surface area contributed by atoms with Crippen molar-refractivity contribution in [2.45, 2.75) is 57.6 Å². The number of anilines is 1. The molecular formula is C39H43N5O3. The van der Waals surface area contributed by atoms with Gasteiger partial charge in [0.05, 0.1) is 17.5 Å². The molecule has 1 N–H and O–H groups in total. The fraction of sp³-hybridized carbons (Fsp3) is 0.333. The standard InChI is InChI=1S/C39H43N5O3/c1-26-32(13-10-14-33(26)42-36(45)27-15-17-28(18-16-27)38(2,3)4)34-25-43(5)37(46)35(41-34)39(29-11-8-7-9-12-29)23-30(24-40-39)44-21-19-31(47-6)20-22-44/h7-18,23-25,31H,19-22H2,1-6H3,(H,42,45). The third kappa shape index (κ3) is 6.30. The van der Waals surface area contributed by atoms with Crippen molar-refractivity contribution >= 4 is 17.8 Å². The minimum Gasteiger partial charge on any atom is -0.381 e. The Morgan fingerprint density at radius 1 is 0.979 bits per heavy atom. The second kappa shape index (κ2) is 12.8. The van der Waals surface area contributed by atoms with Gasteiger partial charge in [-0.2, -0.15) is 0 Å². The smallest absolute Gasteiger partial charge is 0.275 e. The molecule has 2 aliphatic rings. The number of aryl methyl sites for hydroxylation is 1. The fourth-order valence-corrected chi connectivity index (χ4v) is 6.44. The molecular weight excluding hydrogens is 586 g/mol. The molecule has 6 rings (SSSR count). The minimum atomic E-state index is -1.08. The van der Waals surface area contributed by atoms with Crippen LogP contribution in [0, 0.1) is 6.92 Å². The molecule has 1 atom stereocenters. The average molecular weight is 630 g/mol. The van der Waals surface area contributed by atoms with E-state index in [0.29, 0.717) is 22.6 Å². The molecule has 0 bridgehead atoms. The van der Waals surface area contributed by atoms with Crippen molar-refractivity contribution in [3.63, 3.8) is 0 Å². The number of aliphatic imine (C=N–C) groups is 1. The predicted octanol–water partition coefficient (Wildman–Crippen LogP) is 6.63. The molecule has 3 heterocycles. The fourth-order valence-electron chi connectivity index (χ4n) is 6.44. The van der Waals surface area contributed by atoms with Gasteiger partial charge in [-0.3, -0.25) is 14.6 Å². The summed E-state index contributed by atoms with van der Waals surface area (Å²) in [5.74, 6) is -0.185. The summed E-state index contributed by atoms with van der Waals surface area (Å²) >= 11 is 0. The van der Waals surface area contributed by atoms with Crippen LogP contribution >= 0.6 is 0 Å². The number of amides is 1. The molecule has 4 aromatic rings. The number of allylic oxidation sites excluding steroid dienone is 1. The molecule has 3 aromatic carbocycles. The summed E-state index contributed by atoms with van der Waals surface area (Å²) < 4.78 is 7.16. The van der Waals surface area contributed by atoms with E-state index < -0.39 is 5.54 Å². The van der Waals surface area contributed by atoms with Gasteiger partial charge in [-0.1, -0.05) is 75.4 Å². The van der Waals surface area contributed by atoms with E-state index in [1.165, 1.54) is 5.56 Å². The number of nitrogens with one attached hydrogen (secondary N) is 1. The summed E-state index contributed by atoms with van der Waals surface area (Å²) in [6.07, 6.45) is 7.84. The summed E-state index contributed by atoms with van der Waals surface area (Å²) in [7, 11) is 3.51. The van der Waals surface area contributed by atoms with Crippen LogP contribution in [0.3, 0.4) is 0 Å². The van der Waals surface area contributed by atoms with E-state index in [1.807, 2.05) is 85.9 Å². The zero-order valence-electron chi connectivity index (χ0n) is 28.1. The van der Waals surface area contributed by atoms with Crippen molar-refractivity contribution in [1.82, 2.24) is 14.5 Å². The number of piperidine rings is 1. The van der Waals surface area contributed by atoms with Crippen molar-refractivity contribution in [3.05, 3.63) is 129 Å². The lowest BCUT2D eigenvalue weighted by Gasteiger charge is -2.33. The van der Waals surface area contributed by atoms with Crippen LogP contribution in [0.2, 0.25) is 0 Å². The van der Waals surface area contributed by atoms with Gasteiger partial charge in [0.2, 0.25) is 0 Å². The highest BCUT2D eigenvalue weighted by Gasteiger charge is 2.40. The maximum Gasteiger partial charge on any atom is 0.275 e. The zero-order valence-corrected chi connectivity index (χ0v) is 28.1. The largest absolute Gasteiger partial charge is 0.381 e. The molecule has 2 aliphatic heterocycles. The van der Waals surface area contributed by atoms with E-state index >= 15 is 0 Å². The molecule has 0 spiro atoms. The summed E-state index contributed by atoms with van der Waals surface area (Å²) in [6, 6.07) is 23.4. The predicted molar refractivity (Wildman–Crippen MR) is 188 cm³/mol. The van der Waals surface area contributed by atoms with Crippen LogP contribution in [0.15, 0.2) is 101 Å². The molecule has 1 fully saturated rings. The Balaban J connectivity index is 1.37. The third-order valence-corrected chi connectivity index (χ3v) is 9.41. The van der Waals surface area contributed by atoms with Crippen molar-refractivity contribution < 1.29 is 9.53 Å². The van der Waals surface area contributed by atoms with Crippen molar-refractivity contribution in [3.8, 4) is 11.3 Å². The number of nitrogens with zero attached hydrogens (tertiary/aromatic N) is 4.